The number of hydrogen-bond acceptors (Lipinski definition) is 5. The number of fused-ring (bicyclic) bond motifs is 3. The number of ether oxygens (including phenoxy) is 3. The minimum absolute atomic E-state index is 0.0450. The van der Waals surface area contributed by atoms with E-state index in [1.165, 1.54) is 13.0 Å². The van der Waals surface area contributed by atoms with Gasteiger partial charge in [-0.1, -0.05) is 30.3 Å². The molecule has 2 aromatic rings. The predicted molar refractivity (Wildman–Crippen MR) is 113 cm³/mol. The van der Waals surface area contributed by atoms with E-state index in [1.54, 1.807) is 6.07 Å². The highest BCUT2D eigenvalue weighted by molar-refractivity contribution is 5.95. The van der Waals surface area contributed by atoms with Crippen LogP contribution in [0.1, 0.15) is 28.8 Å². The van der Waals surface area contributed by atoms with Crippen molar-refractivity contribution < 1.29 is 19.0 Å². The predicted octanol–water partition coefficient (Wildman–Crippen LogP) is 2.87. The number of carbonyl (C=O) groups is 1. The van der Waals surface area contributed by atoms with Gasteiger partial charge in [-0.05, 0) is 49.1 Å². The van der Waals surface area contributed by atoms with Crippen molar-refractivity contribution >= 4 is 5.91 Å². The first-order valence-electron chi connectivity index (χ1n) is 10.8. The summed E-state index contributed by atoms with van der Waals surface area (Å²) in [4.78, 5) is 15.2. The van der Waals surface area contributed by atoms with Gasteiger partial charge in [-0.15, -0.1) is 0 Å². The van der Waals surface area contributed by atoms with Crippen molar-refractivity contribution in [2.24, 2.45) is 5.92 Å². The zero-order chi connectivity index (χ0) is 20.3. The molecule has 0 aromatic heterocycles. The first-order chi connectivity index (χ1) is 14.7. The van der Waals surface area contributed by atoms with E-state index in [4.69, 9.17) is 14.2 Å². The minimum atomic E-state index is -0.193. The molecule has 1 amide bonds. The first-order valence-corrected chi connectivity index (χ1v) is 10.8. The number of piperidine rings is 1. The van der Waals surface area contributed by atoms with Crippen LogP contribution < -0.4 is 14.8 Å². The molecule has 2 fully saturated rings. The summed E-state index contributed by atoms with van der Waals surface area (Å²) >= 11 is 0. The van der Waals surface area contributed by atoms with Crippen molar-refractivity contribution in [1.29, 1.82) is 0 Å². The van der Waals surface area contributed by atoms with Gasteiger partial charge in [0.2, 0.25) is 0 Å². The van der Waals surface area contributed by atoms with Crippen LogP contribution in [0.25, 0.3) is 0 Å². The van der Waals surface area contributed by atoms with E-state index in [1.807, 2.05) is 42.5 Å². The molecule has 1 N–H and O–H groups in total. The second-order valence-corrected chi connectivity index (χ2v) is 8.53. The third-order valence-corrected chi connectivity index (χ3v) is 6.14. The lowest BCUT2D eigenvalue weighted by Gasteiger charge is -2.30. The molecule has 30 heavy (non-hydrogen) atoms. The van der Waals surface area contributed by atoms with E-state index >= 15 is 0 Å². The number of amides is 1. The standard InChI is InChI=1S/C24H28N2O4/c27-24(25-20-10-18-8-9-26(12-18)13-20)19-6-7-22-23(11-19)30-21(16-29-22)15-28-14-17-4-2-1-3-5-17/h1-7,11,18,20-21H,8-10,12-16H2,(H,25,27)/t18-,20-,21+/m1/s1. The van der Waals surface area contributed by atoms with E-state index in [0.717, 1.165) is 31.0 Å². The van der Waals surface area contributed by atoms with Crippen LogP contribution in [0.15, 0.2) is 48.5 Å². The van der Waals surface area contributed by atoms with Gasteiger partial charge in [-0.3, -0.25) is 4.79 Å². The maximum atomic E-state index is 12.8. The molecule has 0 saturated carbocycles. The lowest BCUT2D eigenvalue weighted by Crippen LogP contribution is -2.47. The van der Waals surface area contributed by atoms with Crippen molar-refractivity contribution in [2.75, 3.05) is 32.8 Å². The van der Waals surface area contributed by atoms with Crippen molar-refractivity contribution in [3.05, 3.63) is 59.7 Å². The van der Waals surface area contributed by atoms with Crippen molar-refractivity contribution in [1.82, 2.24) is 10.2 Å². The molecular weight excluding hydrogens is 380 g/mol. The lowest BCUT2D eigenvalue weighted by molar-refractivity contribution is 0.00267. The van der Waals surface area contributed by atoms with Crippen LogP contribution in [0.4, 0.5) is 0 Å². The molecule has 2 saturated heterocycles. The fourth-order valence-electron chi connectivity index (χ4n) is 4.65. The summed E-state index contributed by atoms with van der Waals surface area (Å²) in [5, 5.41) is 3.20. The van der Waals surface area contributed by atoms with Crippen LogP contribution >= 0.6 is 0 Å². The average molecular weight is 408 g/mol. The summed E-state index contributed by atoms with van der Waals surface area (Å²) in [6, 6.07) is 15.7. The number of carbonyl (C=O) groups excluding carboxylic acids is 1. The van der Waals surface area contributed by atoms with Gasteiger partial charge in [0.25, 0.3) is 5.91 Å². The normalized spacial score (nSPS) is 26.9. The second-order valence-electron chi connectivity index (χ2n) is 8.53. The van der Waals surface area contributed by atoms with E-state index in [9.17, 15) is 4.79 Å². The summed E-state index contributed by atoms with van der Waals surface area (Å²) in [7, 11) is 0. The van der Waals surface area contributed by atoms with Crippen LogP contribution in [0.2, 0.25) is 0 Å². The Morgan fingerprint density at radius 2 is 2.03 bits per heavy atom. The van der Waals surface area contributed by atoms with Gasteiger partial charge < -0.3 is 24.4 Å². The third kappa shape index (κ3) is 4.45. The molecule has 1 unspecified atom stereocenters. The Labute approximate surface area is 177 Å². The molecule has 6 nitrogen and oxygen atoms in total. The zero-order valence-corrected chi connectivity index (χ0v) is 17.1. The number of nitrogens with zero attached hydrogens (tertiary/aromatic N) is 1. The SMILES string of the molecule is O=C(N[C@@H]1C[C@H]2CCN(C2)C1)c1ccc2c(c1)O[C@@H](COCc1ccccc1)CO2. The van der Waals surface area contributed by atoms with Crippen molar-refractivity contribution in [2.45, 2.75) is 31.6 Å². The number of benzene rings is 2. The van der Waals surface area contributed by atoms with E-state index in [2.05, 4.69) is 10.2 Å². The van der Waals surface area contributed by atoms with Crippen molar-refractivity contribution in [3.63, 3.8) is 0 Å². The Bertz CT molecular complexity index is 876. The molecule has 0 radical (unpaired) electrons. The van der Waals surface area contributed by atoms with Gasteiger partial charge in [0, 0.05) is 24.7 Å². The molecule has 4 atom stereocenters. The Hall–Kier alpha value is -2.57. The molecule has 3 heterocycles. The minimum Gasteiger partial charge on any atom is -0.486 e. The summed E-state index contributed by atoms with van der Waals surface area (Å²) in [6.45, 7) is 4.71. The maximum absolute atomic E-state index is 12.8. The fourth-order valence-corrected chi connectivity index (χ4v) is 4.65. The molecule has 6 heteroatoms. The molecule has 158 valence electrons. The lowest BCUT2D eigenvalue weighted by atomic mass is 9.96. The van der Waals surface area contributed by atoms with E-state index < -0.39 is 0 Å². The summed E-state index contributed by atoms with van der Waals surface area (Å²) < 4.78 is 17.7. The maximum Gasteiger partial charge on any atom is 0.251 e. The van der Waals surface area contributed by atoms with Crippen LogP contribution in [-0.4, -0.2) is 55.8 Å². The third-order valence-electron chi connectivity index (χ3n) is 6.14. The van der Waals surface area contributed by atoms with Gasteiger partial charge in [0.05, 0.1) is 13.2 Å². The van der Waals surface area contributed by atoms with Gasteiger partial charge >= 0.3 is 0 Å². The number of nitrogens with one attached hydrogen (secondary N) is 1. The molecular formula is C24H28N2O4. The Morgan fingerprint density at radius 3 is 2.90 bits per heavy atom. The smallest absolute Gasteiger partial charge is 0.251 e. The van der Waals surface area contributed by atoms with Crippen LogP contribution in [0.5, 0.6) is 11.5 Å². The van der Waals surface area contributed by atoms with Crippen molar-refractivity contribution in [3.8, 4) is 11.5 Å². The summed E-state index contributed by atoms with van der Waals surface area (Å²) in [5.41, 5.74) is 1.73. The monoisotopic (exact) mass is 408 g/mol. The summed E-state index contributed by atoms with van der Waals surface area (Å²) in [6.07, 6.45) is 2.14. The highest BCUT2D eigenvalue weighted by atomic mass is 16.6. The molecule has 2 aromatic carbocycles. The summed E-state index contributed by atoms with van der Waals surface area (Å²) in [5.74, 6) is 1.96. The van der Waals surface area contributed by atoms with Gasteiger partial charge in [-0.25, -0.2) is 0 Å². The van der Waals surface area contributed by atoms with Gasteiger partial charge in [0.15, 0.2) is 17.6 Å². The van der Waals surface area contributed by atoms with Crippen LogP contribution in [-0.2, 0) is 11.3 Å². The number of hydrogen-bond donors (Lipinski definition) is 1. The first kappa shape index (κ1) is 19.4. The topological polar surface area (TPSA) is 60.0 Å². The van der Waals surface area contributed by atoms with E-state index in [-0.39, 0.29) is 18.1 Å². The fraction of sp³-hybridized carbons (Fsp3) is 0.458. The molecule has 0 aliphatic carbocycles. The average Bonchev–Trinajstić information content (AvgIpc) is 3.12. The highest BCUT2D eigenvalue weighted by Gasteiger charge is 2.33. The largest absolute Gasteiger partial charge is 0.486 e. The molecule has 0 spiro atoms. The van der Waals surface area contributed by atoms with Gasteiger partial charge in [-0.2, -0.15) is 0 Å². The highest BCUT2D eigenvalue weighted by Crippen LogP contribution is 2.33. The molecule has 2 bridgehead atoms. The Morgan fingerprint density at radius 1 is 1.13 bits per heavy atom. The van der Waals surface area contributed by atoms with Gasteiger partial charge in [0.1, 0.15) is 6.61 Å². The van der Waals surface area contributed by atoms with Crippen LogP contribution in [0, 0.1) is 5.92 Å². The zero-order valence-electron chi connectivity index (χ0n) is 17.1. The number of rotatable bonds is 6. The molecule has 5 rings (SSSR count). The Kier molecular flexibility index (Phi) is 5.60. The van der Waals surface area contributed by atoms with Crippen LogP contribution in [0.3, 0.4) is 0 Å². The molecule has 3 aliphatic heterocycles. The molecule has 3 aliphatic rings. The second kappa shape index (κ2) is 8.66. The quantitative estimate of drug-likeness (QED) is 0.797. The van der Waals surface area contributed by atoms with E-state index in [0.29, 0.717) is 36.9 Å². The Balaban J connectivity index is 1.16.